The molecule has 3 N–H and O–H groups in total. The van der Waals surface area contributed by atoms with Crippen molar-refractivity contribution in [1.82, 2.24) is 15.6 Å². The second kappa shape index (κ2) is 5.40. The van der Waals surface area contributed by atoms with Crippen molar-refractivity contribution in [2.24, 2.45) is 0 Å². The molecule has 6 nitrogen and oxygen atoms in total. The second-order valence-electron chi connectivity index (χ2n) is 3.69. The second-order valence-corrected chi connectivity index (χ2v) is 3.69. The summed E-state index contributed by atoms with van der Waals surface area (Å²) in [7, 11) is 1.49. The van der Waals surface area contributed by atoms with Gasteiger partial charge in [0, 0.05) is 19.4 Å². The Morgan fingerprint density at radius 2 is 2.00 bits per heavy atom. The lowest BCUT2D eigenvalue weighted by Crippen LogP contribution is -2.50. The predicted molar refractivity (Wildman–Crippen MR) is 61.3 cm³/mol. The third-order valence-corrected chi connectivity index (χ3v) is 2.57. The first kappa shape index (κ1) is 13.1. The number of hydrogen-bond acceptors (Lipinski definition) is 4. The van der Waals surface area contributed by atoms with Crippen LogP contribution >= 0.6 is 0 Å². The van der Waals surface area contributed by atoms with Crippen molar-refractivity contribution in [3.05, 3.63) is 30.1 Å². The van der Waals surface area contributed by atoms with Crippen LogP contribution in [-0.2, 0) is 15.1 Å². The highest BCUT2D eigenvalue weighted by Crippen LogP contribution is 2.19. The molecule has 0 saturated carbocycles. The van der Waals surface area contributed by atoms with E-state index in [-0.39, 0.29) is 12.5 Å². The normalized spacial score (nSPS) is 13.8. The van der Waals surface area contributed by atoms with Gasteiger partial charge in [-0.25, -0.2) is 4.79 Å². The van der Waals surface area contributed by atoms with E-state index in [1.54, 1.807) is 12.1 Å². The third kappa shape index (κ3) is 3.01. The zero-order chi connectivity index (χ0) is 12.9. The summed E-state index contributed by atoms with van der Waals surface area (Å²) in [4.78, 5) is 26.3. The van der Waals surface area contributed by atoms with Gasteiger partial charge < -0.3 is 10.4 Å². The van der Waals surface area contributed by atoms with Gasteiger partial charge >= 0.3 is 5.97 Å². The highest BCUT2D eigenvalue weighted by molar-refractivity contribution is 5.82. The molecule has 1 rings (SSSR count). The Bertz CT molecular complexity index is 408. The lowest BCUT2D eigenvalue weighted by Gasteiger charge is -2.26. The number of pyridine rings is 1. The molecule has 1 heterocycles. The molecule has 6 heteroatoms. The molecular weight excluding hydrogens is 222 g/mol. The van der Waals surface area contributed by atoms with E-state index in [0.29, 0.717) is 5.56 Å². The Kier molecular flexibility index (Phi) is 4.17. The quantitative estimate of drug-likeness (QED) is 0.655. The maximum atomic E-state index is 11.3. The van der Waals surface area contributed by atoms with Gasteiger partial charge in [0.05, 0.1) is 6.54 Å². The molecule has 92 valence electrons. The van der Waals surface area contributed by atoms with Crippen LogP contribution < -0.4 is 10.6 Å². The fourth-order valence-corrected chi connectivity index (χ4v) is 1.33. The summed E-state index contributed by atoms with van der Waals surface area (Å²) in [6.45, 7) is 1.44. The molecule has 0 fully saturated rings. The lowest BCUT2D eigenvalue weighted by molar-refractivity contribution is -0.144. The monoisotopic (exact) mass is 237 g/mol. The van der Waals surface area contributed by atoms with Crippen LogP contribution in [0.4, 0.5) is 0 Å². The third-order valence-electron chi connectivity index (χ3n) is 2.57. The number of amides is 1. The first-order valence-electron chi connectivity index (χ1n) is 5.10. The number of carbonyl (C=O) groups is 2. The number of likely N-dealkylation sites (N-methyl/N-ethyl adjacent to an activating group) is 1. The Balaban J connectivity index is 2.91. The zero-order valence-electron chi connectivity index (χ0n) is 9.73. The van der Waals surface area contributed by atoms with Crippen LogP contribution in [-0.4, -0.2) is 35.6 Å². The lowest BCUT2D eigenvalue weighted by atomic mass is 9.93. The van der Waals surface area contributed by atoms with E-state index >= 15 is 0 Å². The zero-order valence-corrected chi connectivity index (χ0v) is 9.73. The van der Waals surface area contributed by atoms with E-state index in [9.17, 15) is 14.7 Å². The standard InChI is InChI=1S/C11H15N3O3/c1-11(10(16)17,14-7-9(15)12-2)8-3-5-13-6-4-8/h3-6,14H,7H2,1-2H3,(H,12,15)(H,16,17). The average Bonchev–Trinajstić information content (AvgIpc) is 2.36. The van der Waals surface area contributed by atoms with Gasteiger partial charge in [-0.15, -0.1) is 0 Å². The number of nitrogens with one attached hydrogen (secondary N) is 2. The molecule has 0 radical (unpaired) electrons. The number of carboxylic acid groups (broad SMARTS) is 1. The van der Waals surface area contributed by atoms with E-state index < -0.39 is 11.5 Å². The van der Waals surface area contributed by atoms with Crippen molar-refractivity contribution in [3.63, 3.8) is 0 Å². The topological polar surface area (TPSA) is 91.3 Å². The molecule has 1 aromatic heterocycles. The van der Waals surface area contributed by atoms with Gasteiger partial charge in [0.25, 0.3) is 0 Å². The molecule has 1 aromatic rings. The Labute approximate surface area is 99.1 Å². The highest BCUT2D eigenvalue weighted by atomic mass is 16.4. The average molecular weight is 237 g/mol. The molecule has 0 aliphatic rings. The predicted octanol–water partition coefficient (Wildman–Crippen LogP) is -0.283. The molecule has 1 atom stereocenters. The van der Waals surface area contributed by atoms with Crippen molar-refractivity contribution in [3.8, 4) is 0 Å². The summed E-state index contributed by atoms with van der Waals surface area (Å²) in [6.07, 6.45) is 3.02. The Morgan fingerprint density at radius 3 is 2.47 bits per heavy atom. The molecule has 17 heavy (non-hydrogen) atoms. The number of nitrogens with zero attached hydrogens (tertiary/aromatic N) is 1. The van der Waals surface area contributed by atoms with Crippen LogP contribution in [0.25, 0.3) is 0 Å². The van der Waals surface area contributed by atoms with Crippen molar-refractivity contribution in [1.29, 1.82) is 0 Å². The molecule has 1 amide bonds. The van der Waals surface area contributed by atoms with Crippen LogP contribution in [0.3, 0.4) is 0 Å². The van der Waals surface area contributed by atoms with E-state index in [1.807, 2.05) is 0 Å². The molecule has 0 aliphatic carbocycles. The Hall–Kier alpha value is -1.95. The van der Waals surface area contributed by atoms with Gasteiger partial charge in [0.15, 0.2) is 0 Å². The fraction of sp³-hybridized carbons (Fsp3) is 0.364. The van der Waals surface area contributed by atoms with Crippen LogP contribution in [0.15, 0.2) is 24.5 Å². The maximum Gasteiger partial charge on any atom is 0.328 e. The van der Waals surface area contributed by atoms with E-state index in [1.165, 1.54) is 26.4 Å². The number of aromatic nitrogens is 1. The van der Waals surface area contributed by atoms with Gasteiger partial charge in [-0.2, -0.15) is 0 Å². The van der Waals surface area contributed by atoms with Crippen LogP contribution in [0, 0.1) is 0 Å². The minimum absolute atomic E-state index is 0.0678. The molecule has 0 spiro atoms. The summed E-state index contributed by atoms with van der Waals surface area (Å²) in [5.41, 5.74) is -0.765. The highest BCUT2D eigenvalue weighted by Gasteiger charge is 2.35. The molecule has 0 saturated heterocycles. The number of carboxylic acids is 1. The van der Waals surface area contributed by atoms with Crippen LogP contribution in [0.2, 0.25) is 0 Å². The molecular formula is C11H15N3O3. The largest absolute Gasteiger partial charge is 0.480 e. The van der Waals surface area contributed by atoms with Gasteiger partial charge in [0.2, 0.25) is 5.91 Å². The van der Waals surface area contributed by atoms with Crippen molar-refractivity contribution >= 4 is 11.9 Å². The smallest absolute Gasteiger partial charge is 0.328 e. The number of rotatable bonds is 5. The summed E-state index contributed by atoms with van der Waals surface area (Å²) in [5.74, 6) is -1.32. The minimum atomic E-state index is -1.31. The van der Waals surface area contributed by atoms with E-state index in [4.69, 9.17) is 0 Å². The summed E-state index contributed by atoms with van der Waals surface area (Å²) >= 11 is 0. The van der Waals surface area contributed by atoms with Crippen molar-refractivity contribution < 1.29 is 14.7 Å². The van der Waals surface area contributed by atoms with Crippen LogP contribution in [0.1, 0.15) is 12.5 Å². The van der Waals surface area contributed by atoms with Crippen LogP contribution in [0.5, 0.6) is 0 Å². The van der Waals surface area contributed by atoms with E-state index in [2.05, 4.69) is 15.6 Å². The maximum absolute atomic E-state index is 11.3. The molecule has 1 unspecified atom stereocenters. The van der Waals surface area contributed by atoms with Gasteiger partial charge in [0.1, 0.15) is 5.54 Å². The minimum Gasteiger partial charge on any atom is -0.480 e. The van der Waals surface area contributed by atoms with Gasteiger partial charge in [-0.05, 0) is 24.6 Å². The number of hydrogen-bond donors (Lipinski definition) is 3. The van der Waals surface area contributed by atoms with E-state index in [0.717, 1.165) is 0 Å². The summed E-state index contributed by atoms with van der Waals surface area (Å²) in [6, 6.07) is 3.20. The Morgan fingerprint density at radius 1 is 1.41 bits per heavy atom. The summed E-state index contributed by atoms with van der Waals surface area (Å²) < 4.78 is 0. The molecule has 0 bridgehead atoms. The fourth-order valence-electron chi connectivity index (χ4n) is 1.33. The summed E-state index contributed by atoms with van der Waals surface area (Å²) in [5, 5.41) is 14.4. The molecule has 0 aliphatic heterocycles. The SMILES string of the molecule is CNC(=O)CNC(C)(C(=O)O)c1ccncc1. The van der Waals surface area contributed by atoms with Gasteiger partial charge in [-0.3, -0.25) is 15.1 Å². The first-order chi connectivity index (χ1) is 8.00. The van der Waals surface area contributed by atoms with Gasteiger partial charge in [-0.1, -0.05) is 0 Å². The van der Waals surface area contributed by atoms with Crippen molar-refractivity contribution in [2.75, 3.05) is 13.6 Å². The molecule has 0 aromatic carbocycles. The number of aliphatic carboxylic acids is 1. The number of carbonyl (C=O) groups excluding carboxylic acids is 1. The van der Waals surface area contributed by atoms with Crippen molar-refractivity contribution in [2.45, 2.75) is 12.5 Å². The first-order valence-corrected chi connectivity index (χ1v) is 5.10.